The van der Waals surface area contributed by atoms with E-state index in [0.717, 1.165) is 29.7 Å². The fourth-order valence-electron chi connectivity index (χ4n) is 3.62. The first-order valence-electron chi connectivity index (χ1n) is 11.4. The number of carbonyl (C=O) groups excluding carboxylic acids is 1. The van der Waals surface area contributed by atoms with Gasteiger partial charge < -0.3 is 13.9 Å². The van der Waals surface area contributed by atoms with Gasteiger partial charge in [-0.3, -0.25) is 4.79 Å². The first-order chi connectivity index (χ1) is 14.5. The minimum Gasteiger partial charge on any atom is -0.490 e. The van der Waals surface area contributed by atoms with Crippen molar-refractivity contribution in [3.8, 4) is 5.75 Å². The lowest BCUT2D eigenvalue weighted by Gasteiger charge is -2.31. The highest BCUT2D eigenvalue weighted by molar-refractivity contribution is 5.76. The van der Waals surface area contributed by atoms with Crippen LogP contribution in [-0.2, 0) is 14.9 Å². The molecule has 0 spiro atoms. The van der Waals surface area contributed by atoms with Gasteiger partial charge in [-0.1, -0.05) is 46.8 Å². The Bertz CT molecular complexity index is 874. The molecule has 0 aliphatic heterocycles. The molecule has 0 bridgehead atoms. The molecule has 5 heteroatoms. The van der Waals surface area contributed by atoms with Crippen molar-refractivity contribution in [3.05, 3.63) is 47.2 Å². The molecule has 0 fully saturated rings. The van der Waals surface area contributed by atoms with Crippen LogP contribution in [0.4, 0.5) is 0 Å². The van der Waals surface area contributed by atoms with E-state index in [2.05, 4.69) is 66.7 Å². The molecular formula is C26H39NO4. The smallest absolute Gasteiger partial charge is 0.314 e. The summed E-state index contributed by atoms with van der Waals surface area (Å²) in [5, 5.41) is 0. The summed E-state index contributed by atoms with van der Waals surface area (Å²) in [4.78, 5) is 16.9. The largest absolute Gasteiger partial charge is 0.490 e. The van der Waals surface area contributed by atoms with E-state index in [0.29, 0.717) is 18.2 Å². The quantitative estimate of drug-likeness (QED) is 0.422. The first-order valence-corrected chi connectivity index (χ1v) is 11.4. The van der Waals surface area contributed by atoms with E-state index in [1.54, 1.807) is 20.1 Å². The molecule has 0 aliphatic rings. The first kappa shape index (κ1) is 25.0. The van der Waals surface area contributed by atoms with Gasteiger partial charge in [0.1, 0.15) is 18.1 Å². The second-order valence-electron chi connectivity index (χ2n) is 9.45. The van der Waals surface area contributed by atoms with E-state index < -0.39 is 5.92 Å². The van der Waals surface area contributed by atoms with E-state index in [9.17, 15) is 4.79 Å². The monoisotopic (exact) mass is 429 g/mol. The number of benzene rings is 1. The van der Waals surface area contributed by atoms with Crippen LogP contribution in [-0.4, -0.2) is 23.7 Å². The predicted octanol–water partition coefficient (Wildman–Crippen LogP) is 6.57. The number of nitrogens with zero attached hydrogens (tertiary/aromatic N) is 1. The third kappa shape index (κ3) is 5.31. The molecule has 2 aromatic rings. The second kappa shape index (κ2) is 9.88. The Morgan fingerprint density at radius 1 is 1.13 bits per heavy atom. The summed E-state index contributed by atoms with van der Waals surface area (Å²) in [6.07, 6.45) is 3.34. The summed E-state index contributed by atoms with van der Waals surface area (Å²) < 4.78 is 17.3. The van der Waals surface area contributed by atoms with Crippen molar-refractivity contribution in [2.24, 2.45) is 5.41 Å². The van der Waals surface area contributed by atoms with Gasteiger partial charge in [0.05, 0.1) is 23.6 Å². The van der Waals surface area contributed by atoms with Crippen molar-refractivity contribution >= 4 is 5.97 Å². The van der Waals surface area contributed by atoms with E-state index in [-0.39, 0.29) is 22.9 Å². The average molecular weight is 430 g/mol. The van der Waals surface area contributed by atoms with Crippen LogP contribution in [0.25, 0.3) is 0 Å². The highest BCUT2D eigenvalue weighted by Gasteiger charge is 2.37. The van der Waals surface area contributed by atoms with Crippen LogP contribution in [0, 0.1) is 12.3 Å². The van der Waals surface area contributed by atoms with Crippen molar-refractivity contribution in [2.45, 2.75) is 92.6 Å². The summed E-state index contributed by atoms with van der Waals surface area (Å²) in [5.74, 6) is 0.794. The standard InChI is InChI=1S/C26H39NO4/c1-10-26(11-2,24-27-21(16-30-24)18(5)23(28)29-12-3)20-13-14-22(17(4)15-20)31-19(6)25(7,8)9/h13-16,18-19H,10-12H2,1-9H3. The van der Waals surface area contributed by atoms with Gasteiger partial charge in [0, 0.05) is 0 Å². The van der Waals surface area contributed by atoms with Crippen LogP contribution in [0.2, 0.25) is 0 Å². The molecular weight excluding hydrogens is 390 g/mol. The highest BCUT2D eigenvalue weighted by atomic mass is 16.5. The molecule has 0 amide bonds. The summed E-state index contributed by atoms with van der Waals surface area (Å²) >= 11 is 0. The van der Waals surface area contributed by atoms with Crippen LogP contribution >= 0.6 is 0 Å². The fraction of sp³-hybridized carbons (Fsp3) is 0.615. The van der Waals surface area contributed by atoms with Gasteiger partial charge in [-0.2, -0.15) is 0 Å². The third-order valence-electron chi connectivity index (χ3n) is 6.47. The Morgan fingerprint density at radius 2 is 1.77 bits per heavy atom. The predicted molar refractivity (Wildman–Crippen MR) is 124 cm³/mol. The number of rotatable bonds is 9. The molecule has 0 N–H and O–H groups in total. The number of carbonyl (C=O) groups is 1. The van der Waals surface area contributed by atoms with Crippen LogP contribution < -0.4 is 4.74 Å². The van der Waals surface area contributed by atoms with E-state index >= 15 is 0 Å². The number of oxazole rings is 1. The molecule has 5 nitrogen and oxygen atoms in total. The maximum atomic E-state index is 12.1. The molecule has 172 valence electrons. The molecule has 0 radical (unpaired) electrons. The van der Waals surface area contributed by atoms with Crippen LogP contribution in [0.1, 0.15) is 96.9 Å². The van der Waals surface area contributed by atoms with E-state index in [1.807, 2.05) is 0 Å². The average Bonchev–Trinajstić information content (AvgIpc) is 3.20. The number of hydrogen-bond donors (Lipinski definition) is 0. The van der Waals surface area contributed by atoms with Crippen molar-refractivity contribution in [2.75, 3.05) is 6.61 Å². The van der Waals surface area contributed by atoms with Crippen molar-refractivity contribution in [3.63, 3.8) is 0 Å². The molecule has 31 heavy (non-hydrogen) atoms. The van der Waals surface area contributed by atoms with Crippen molar-refractivity contribution in [1.29, 1.82) is 0 Å². The van der Waals surface area contributed by atoms with Gasteiger partial charge in [0.15, 0.2) is 0 Å². The molecule has 1 aromatic carbocycles. The lowest BCUT2D eigenvalue weighted by Crippen LogP contribution is -2.29. The fourth-order valence-corrected chi connectivity index (χ4v) is 3.62. The maximum Gasteiger partial charge on any atom is 0.314 e. The van der Waals surface area contributed by atoms with Crippen LogP contribution in [0.3, 0.4) is 0 Å². The Labute approximate surface area is 187 Å². The zero-order valence-corrected chi connectivity index (χ0v) is 20.7. The Morgan fingerprint density at radius 3 is 2.29 bits per heavy atom. The topological polar surface area (TPSA) is 61.6 Å². The molecule has 1 aromatic heterocycles. The number of aryl methyl sites for hydroxylation is 1. The van der Waals surface area contributed by atoms with Gasteiger partial charge in [-0.15, -0.1) is 0 Å². The number of aromatic nitrogens is 1. The third-order valence-corrected chi connectivity index (χ3v) is 6.47. The van der Waals surface area contributed by atoms with E-state index in [4.69, 9.17) is 18.9 Å². The molecule has 2 rings (SSSR count). The normalized spacial score (nSPS) is 14.2. The summed E-state index contributed by atoms with van der Waals surface area (Å²) in [7, 11) is 0. The minimum atomic E-state index is -0.458. The second-order valence-corrected chi connectivity index (χ2v) is 9.45. The van der Waals surface area contributed by atoms with E-state index in [1.165, 1.54) is 0 Å². The number of hydrogen-bond acceptors (Lipinski definition) is 5. The molecule has 0 saturated carbocycles. The van der Waals surface area contributed by atoms with Crippen LogP contribution in [0.15, 0.2) is 28.9 Å². The van der Waals surface area contributed by atoms with Gasteiger partial charge in [-0.05, 0) is 63.1 Å². The van der Waals surface area contributed by atoms with Gasteiger partial charge in [0.25, 0.3) is 0 Å². The van der Waals surface area contributed by atoms with Crippen molar-refractivity contribution < 1.29 is 18.7 Å². The number of esters is 1. The Balaban J connectivity index is 2.39. The SMILES string of the molecule is CCOC(=O)C(C)c1coc(C(CC)(CC)c2ccc(OC(C)C(C)(C)C)c(C)c2)n1. The summed E-state index contributed by atoms with van der Waals surface area (Å²) in [6.45, 7) is 19.0. The van der Waals surface area contributed by atoms with Gasteiger partial charge in [-0.25, -0.2) is 4.98 Å². The number of ether oxygens (including phenoxy) is 2. The molecule has 2 unspecified atom stereocenters. The van der Waals surface area contributed by atoms with Gasteiger partial charge >= 0.3 is 5.97 Å². The van der Waals surface area contributed by atoms with Gasteiger partial charge in [0.2, 0.25) is 5.89 Å². The molecule has 0 aliphatic carbocycles. The minimum absolute atomic E-state index is 0.0613. The molecule has 1 heterocycles. The lowest BCUT2D eigenvalue weighted by atomic mass is 9.75. The molecule has 2 atom stereocenters. The van der Waals surface area contributed by atoms with Crippen LogP contribution in [0.5, 0.6) is 5.75 Å². The lowest BCUT2D eigenvalue weighted by molar-refractivity contribution is -0.144. The Kier molecular flexibility index (Phi) is 7.96. The highest BCUT2D eigenvalue weighted by Crippen LogP contribution is 2.40. The van der Waals surface area contributed by atoms with Crippen molar-refractivity contribution in [1.82, 2.24) is 4.98 Å². The zero-order valence-electron chi connectivity index (χ0n) is 20.7. The maximum absolute atomic E-state index is 12.1. The summed E-state index contributed by atoms with van der Waals surface area (Å²) in [5.41, 5.74) is 2.53. The summed E-state index contributed by atoms with van der Waals surface area (Å²) in [6, 6.07) is 6.35. The zero-order chi connectivity index (χ0) is 23.4. The Hall–Kier alpha value is -2.30. The molecule has 0 saturated heterocycles.